The lowest BCUT2D eigenvalue weighted by Gasteiger charge is -2.27. The highest BCUT2D eigenvalue weighted by Gasteiger charge is 2.22. The van der Waals surface area contributed by atoms with Crippen LogP contribution in [0, 0.1) is 0 Å². The van der Waals surface area contributed by atoms with Gasteiger partial charge in [-0.1, -0.05) is 114 Å². The van der Waals surface area contributed by atoms with E-state index in [0.717, 1.165) is 0 Å². The Bertz CT molecular complexity index is 1060. The first-order valence-corrected chi connectivity index (χ1v) is 13.0. The summed E-state index contributed by atoms with van der Waals surface area (Å²) in [7, 11) is -5.74. The minimum atomic E-state index is -2.87. The molecule has 8 heteroatoms. The zero-order chi connectivity index (χ0) is 26.1. The minimum Gasteiger partial charge on any atom is -0.134 e. The smallest absolute Gasteiger partial charge is 0.134 e. The number of hydrogen-bond donors (Lipinski definition) is 4. The second-order valence-corrected chi connectivity index (χ2v) is 10.7. The Balaban J connectivity index is 0.000000629. The minimum absolute atomic E-state index is 0.115. The zero-order valence-electron chi connectivity index (χ0n) is 20.4. The third-order valence-electron chi connectivity index (χ3n) is 5.00. The Labute approximate surface area is 203 Å². The van der Waals surface area contributed by atoms with Gasteiger partial charge in [0.2, 0.25) is 0 Å². The highest BCUT2D eigenvalue weighted by molar-refractivity contribution is 7.31. The van der Waals surface area contributed by atoms with Crippen molar-refractivity contribution in [2.45, 2.75) is 52.4 Å². The molecule has 182 valence electrons. The van der Waals surface area contributed by atoms with E-state index in [4.69, 9.17) is 28.7 Å². The van der Waals surface area contributed by atoms with Crippen molar-refractivity contribution in [3.8, 4) is 22.3 Å². The molecule has 34 heavy (non-hydrogen) atoms. The monoisotopic (exact) mass is 504 g/mol. The van der Waals surface area contributed by atoms with Gasteiger partial charge in [-0.3, -0.25) is 0 Å². The molecule has 0 bridgehead atoms. The van der Waals surface area contributed by atoms with Crippen molar-refractivity contribution in [3.63, 3.8) is 0 Å². The lowest BCUT2D eigenvalue weighted by Crippen LogP contribution is -2.16. The normalized spacial score (nSPS) is 10.9. The molecular weight excluding hydrogens is 470 g/mol. The average molecular weight is 505 g/mol. The van der Waals surface area contributed by atoms with Gasteiger partial charge in [0.1, 0.15) is 0 Å². The number of hydrogen-bond acceptors (Lipinski definition) is 2. The van der Waals surface area contributed by atoms with Crippen molar-refractivity contribution >= 4 is 16.5 Å². The van der Waals surface area contributed by atoms with E-state index >= 15 is 0 Å². The summed E-state index contributed by atoms with van der Waals surface area (Å²) in [6, 6.07) is 26.6. The van der Waals surface area contributed by atoms with Crippen LogP contribution in [0.15, 0.2) is 72.8 Å². The van der Waals surface area contributed by atoms with E-state index < -0.39 is 16.5 Å². The molecule has 3 rings (SSSR count). The molecule has 0 aliphatic carbocycles. The topological polar surface area (TPSA) is 115 Å². The van der Waals surface area contributed by atoms with E-state index in [9.17, 15) is 0 Å². The van der Waals surface area contributed by atoms with E-state index in [0.29, 0.717) is 0 Å². The number of benzene rings is 3. The van der Waals surface area contributed by atoms with Gasteiger partial charge in [0, 0.05) is 9.13 Å². The molecule has 0 amide bonds. The standard InChI is InChI=1S/C26H30.2HO3P/c1-25(2,3)22-16-17-24(26(4,5)6)23(18-22)21-14-12-20(13-15-21)19-10-8-7-9-11-19;2*1-4(2)3/h7-18H,1-6H3;2*(H-,1,2,3)/p+2. The molecule has 0 fully saturated rings. The Kier molecular flexibility index (Phi) is 11.3. The predicted octanol–water partition coefficient (Wildman–Crippen LogP) is 6.87. The van der Waals surface area contributed by atoms with E-state index in [1.165, 1.54) is 33.4 Å². The summed E-state index contributed by atoms with van der Waals surface area (Å²) < 4.78 is 17.4. The van der Waals surface area contributed by atoms with Crippen LogP contribution >= 0.6 is 16.5 Å². The first-order chi connectivity index (χ1) is 15.6. The van der Waals surface area contributed by atoms with Crippen LogP contribution in [0.2, 0.25) is 0 Å². The van der Waals surface area contributed by atoms with Crippen LogP contribution in [-0.4, -0.2) is 19.6 Å². The Hall–Kier alpha value is -2.30. The zero-order valence-corrected chi connectivity index (χ0v) is 22.2. The van der Waals surface area contributed by atoms with E-state index in [1.54, 1.807) is 0 Å². The molecule has 3 aromatic carbocycles. The summed E-state index contributed by atoms with van der Waals surface area (Å²) >= 11 is 0. The molecule has 0 radical (unpaired) electrons. The van der Waals surface area contributed by atoms with Gasteiger partial charge in [-0.15, -0.1) is 19.6 Å². The Morgan fingerprint density at radius 1 is 0.559 bits per heavy atom. The maximum absolute atomic E-state index is 8.70. The molecule has 0 aliphatic rings. The molecule has 0 atom stereocenters. The molecular formula is C26H34O6P2+2. The molecule has 0 saturated carbocycles. The van der Waals surface area contributed by atoms with Gasteiger partial charge in [0.15, 0.2) is 0 Å². The summed E-state index contributed by atoms with van der Waals surface area (Å²) in [6.45, 7) is 13.7. The van der Waals surface area contributed by atoms with Crippen LogP contribution in [0.1, 0.15) is 52.7 Å². The van der Waals surface area contributed by atoms with Crippen molar-refractivity contribution < 1.29 is 28.7 Å². The van der Waals surface area contributed by atoms with Gasteiger partial charge in [-0.25, -0.2) is 0 Å². The van der Waals surface area contributed by atoms with Crippen LogP contribution in [0.5, 0.6) is 0 Å². The van der Waals surface area contributed by atoms with E-state index in [2.05, 4.69) is 114 Å². The van der Waals surface area contributed by atoms with Gasteiger partial charge in [0.25, 0.3) is 0 Å². The Morgan fingerprint density at radius 3 is 1.38 bits per heavy atom. The molecule has 6 nitrogen and oxygen atoms in total. The van der Waals surface area contributed by atoms with Crippen molar-refractivity contribution in [1.29, 1.82) is 0 Å². The second kappa shape index (κ2) is 13.0. The third-order valence-corrected chi connectivity index (χ3v) is 5.00. The summed E-state index contributed by atoms with van der Waals surface area (Å²) in [5.41, 5.74) is 8.21. The Morgan fingerprint density at radius 2 is 0.971 bits per heavy atom. The molecule has 0 aromatic heterocycles. The van der Waals surface area contributed by atoms with Crippen molar-refractivity contribution in [2.75, 3.05) is 0 Å². The van der Waals surface area contributed by atoms with Crippen molar-refractivity contribution in [1.82, 2.24) is 0 Å². The number of rotatable bonds is 2. The van der Waals surface area contributed by atoms with Crippen molar-refractivity contribution in [3.05, 3.63) is 83.9 Å². The fourth-order valence-electron chi connectivity index (χ4n) is 3.38. The summed E-state index contributed by atoms with van der Waals surface area (Å²) in [5, 5.41) is 0. The summed E-state index contributed by atoms with van der Waals surface area (Å²) in [6.07, 6.45) is 0. The van der Waals surface area contributed by atoms with Crippen molar-refractivity contribution in [2.24, 2.45) is 0 Å². The third kappa shape index (κ3) is 10.3. The highest BCUT2D eigenvalue weighted by Crippen LogP contribution is 2.37. The van der Waals surface area contributed by atoms with E-state index in [1.807, 2.05) is 0 Å². The molecule has 0 spiro atoms. The van der Waals surface area contributed by atoms with Gasteiger partial charge in [-0.2, -0.15) is 0 Å². The molecule has 3 aromatic rings. The second-order valence-electron chi connectivity index (χ2n) is 9.71. The van der Waals surface area contributed by atoms with Gasteiger partial charge < -0.3 is 0 Å². The first kappa shape index (κ1) is 29.7. The summed E-state index contributed by atoms with van der Waals surface area (Å²) in [5.74, 6) is 0. The highest BCUT2D eigenvalue weighted by atomic mass is 31.1. The van der Waals surface area contributed by atoms with Crippen LogP contribution in [0.25, 0.3) is 22.3 Å². The first-order valence-electron chi connectivity index (χ1n) is 10.6. The summed E-state index contributed by atoms with van der Waals surface area (Å²) in [4.78, 5) is 28.5. The van der Waals surface area contributed by atoms with Crippen LogP contribution in [0.4, 0.5) is 0 Å². The largest absolute Gasteiger partial charge is 0.692 e. The predicted molar refractivity (Wildman–Crippen MR) is 139 cm³/mol. The lowest BCUT2D eigenvalue weighted by atomic mass is 9.78. The molecule has 0 saturated heterocycles. The maximum Gasteiger partial charge on any atom is 0.692 e. The van der Waals surface area contributed by atoms with Gasteiger partial charge >= 0.3 is 16.5 Å². The maximum atomic E-state index is 8.70. The molecule has 0 unspecified atom stereocenters. The van der Waals surface area contributed by atoms with Gasteiger partial charge in [-0.05, 0) is 44.2 Å². The molecule has 0 aliphatic heterocycles. The molecule has 4 N–H and O–H groups in total. The lowest BCUT2D eigenvalue weighted by molar-refractivity contribution is 0.403. The molecule has 0 heterocycles. The quantitative estimate of drug-likeness (QED) is 0.283. The van der Waals surface area contributed by atoms with Crippen LogP contribution in [-0.2, 0) is 20.0 Å². The SMILES string of the molecule is CC(C)(C)c1ccc(C(C)(C)C)c(-c2ccc(-c3ccccc3)cc2)c1.O=[P+](O)O.O=[P+](O)O. The fraction of sp³-hybridized carbons (Fsp3) is 0.308. The average Bonchev–Trinajstić information content (AvgIpc) is 2.72. The van der Waals surface area contributed by atoms with E-state index in [-0.39, 0.29) is 10.8 Å². The fourth-order valence-corrected chi connectivity index (χ4v) is 3.38. The van der Waals surface area contributed by atoms with Gasteiger partial charge in [0.05, 0.1) is 0 Å². The van der Waals surface area contributed by atoms with Crippen LogP contribution in [0.3, 0.4) is 0 Å². The van der Waals surface area contributed by atoms with Crippen LogP contribution < -0.4 is 0 Å².